The number of carbonyl (C=O) groups excluding carboxylic acids is 1. The van der Waals surface area contributed by atoms with Crippen molar-refractivity contribution in [2.45, 2.75) is 0 Å². The minimum Gasteiger partial charge on any atom is -0.312 e. The molecule has 5 nitrogen and oxygen atoms in total. The number of hydrazone groups is 1. The van der Waals surface area contributed by atoms with Gasteiger partial charge >= 0.3 is 0 Å². The maximum Gasteiger partial charge on any atom is 0.256 e. The van der Waals surface area contributed by atoms with Crippen LogP contribution in [0.2, 0.25) is 5.02 Å². The minimum absolute atomic E-state index is 0.233. The fourth-order valence-electron chi connectivity index (χ4n) is 2.87. The SMILES string of the molecule is O=C(Nc1sc(N/N=C/C=C/c2ccccc2)nc1-c1ccccc1)c1ccc(Cl)cc1. The molecule has 0 unspecified atom stereocenters. The van der Waals surface area contributed by atoms with Gasteiger partial charge in [0.2, 0.25) is 5.13 Å². The second-order valence-corrected chi connectivity index (χ2v) is 8.12. The predicted octanol–water partition coefficient (Wildman–Crippen LogP) is 6.83. The van der Waals surface area contributed by atoms with Gasteiger partial charge in [-0.2, -0.15) is 5.10 Å². The van der Waals surface area contributed by atoms with Crippen LogP contribution in [0.4, 0.5) is 10.1 Å². The quantitative estimate of drug-likeness (QED) is 0.235. The first-order chi connectivity index (χ1) is 15.7. The van der Waals surface area contributed by atoms with Crippen LogP contribution in [0.5, 0.6) is 0 Å². The zero-order valence-corrected chi connectivity index (χ0v) is 18.5. The third-order valence-electron chi connectivity index (χ3n) is 4.42. The van der Waals surface area contributed by atoms with Crippen molar-refractivity contribution in [2.24, 2.45) is 5.10 Å². The summed E-state index contributed by atoms with van der Waals surface area (Å²) in [6, 6.07) is 26.4. The maximum absolute atomic E-state index is 12.7. The predicted molar refractivity (Wildman–Crippen MR) is 135 cm³/mol. The van der Waals surface area contributed by atoms with Gasteiger partial charge in [-0.25, -0.2) is 4.98 Å². The topological polar surface area (TPSA) is 66.4 Å². The smallest absolute Gasteiger partial charge is 0.256 e. The molecule has 2 N–H and O–H groups in total. The second kappa shape index (κ2) is 10.5. The molecule has 0 spiro atoms. The Labute approximate surface area is 195 Å². The summed E-state index contributed by atoms with van der Waals surface area (Å²) in [4.78, 5) is 17.3. The van der Waals surface area contributed by atoms with E-state index in [-0.39, 0.29) is 5.91 Å². The maximum atomic E-state index is 12.7. The minimum atomic E-state index is -0.233. The highest BCUT2D eigenvalue weighted by atomic mass is 35.5. The molecule has 4 rings (SSSR count). The Bertz CT molecular complexity index is 1240. The Kier molecular flexibility index (Phi) is 7.07. The molecule has 0 atom stereocenters. The standard InChI is InChI=1S/C25H19ClN4OS/c26-21-15-13-20(14-16-21)23(31)29-24-22(19-11-5-2-6-12-19)28-25(32-24)30-27-17-7-10-18-8-3-1-4-9-18/h1-17H,(H,28,30)(H,29,31)/b10-7+,27-17+. The van der Waals surface area contributed by atoms with Crippen LogP contribution in [0.15, 0.2) is 96.1 Å². The molecule has 0 saturated carbocycles. The van der Waals surface area contributed by atoms with Crippen molar-refractivity contribution >= 4 is 51.3 Å². The molecule has 1 aromatic heterocycles. The fourth-order valence-corrected chi connectivity index (χ4v) is 3.83. The van der Waals surface area contributed by atoms with Crippen LogP contribution < -0.4 is 10.7 Å². The van der Waals surface area contributed by atoms with Crippen molar-refractivity contribution in [1.82, 2.24) is 4.98 Å². The van der Waals surface area contributed by atoms with Gasteiger partial charge in [-0.1, -0.05) is 89.7 Å². The first-order valence-electron chi connectivity index (χ1n) is 9.83. The lowest BCUT2D eigenvalue weighted by atomic mass is 10.1. The third-order valence-corrected chi connectivity index (χ3v) is 5.54. The number of anilines is 2. The number of benzene rings is 3. The monoisotopic (exact) mass is 458 g/mol. The van der Waals surface area contributed by atoms with Crippen molar-refractivity contribution in [3.8, 4) is 11.3 Å². The lowest BCUT2D eigenvalue weighted by Gasteiger charge is -2.05. The molecule has 0 aliphatic rings. The lowest BCUT2D eigenvalue weighted by molar-refractivity contribution is 0.102. The Morgan fingerprint density at radius 2 is 1.62 bits per heavy atom. The highest BCUT2D eigenvalue weighted by molar-refractivity contribution is 7.20. The summed E-state index contributed by atoms with van der Waals surface area (Å²) in [5, 5.41) is 8.95. The first-order valence-corrected chi connectivity index (χ1v) is 11.0. The number of hydrogen-bond donors (Lipinski definition) is 2. The van der Waals surface area contributed by atoms with Crippen molar-refractivity contribution in [3.63, 3.8) is 0 Å². The van der Waals surface area contributed by atoms with Gasteiger partial charge in [0, 0.05) is 22.4 Å². The summed E-state index contributed by atoms with van der Waals surface area (Å²) in [5.74, 6) is -0.233. The van der Waals surface area contributed by atoms with E-state index in [1.54, 1.807) is 30.5 Å². The number of rotatable bonds is 7. The number of hydrogen-bond acceptors (Lipinski definition) is 5. The number of halogens is 1. The summed E-state index contributed by atoms with van der Waals surface area (Å²) in [6.07, 6.45) is 5.46. The van der Waals surface area contributed by atoms with E-state index in [4.69, 9.17) is 11.6 Å². The Morgan fingerprint density at radius 3 is 2.34 bits per heavy atom. The number of nitrogens with zero attached hydrogens (tertiary/aromatic N) is 2. The Hall–Kier alpha value is -3.74. The van der Waals surface area contributed by atoms with E-state index in [9.17, 15) is 4.79 Å². The molecule has 0 saturated heterocycles. The molecule has 0 radical (unpaired) electrons. The van der Waals surface area contributed by atoms with E-state index in [2.05, 4.69) is 20.8 Å². The molecular formula is C25H19ClN4OS. The van der Waals surface area contributed by atoms with Crippen molar-refractivity contribution in [2.75, 3.05) is 10.7 Å². The fraction of sp³-hybridized carbons (Fsp3) is 0. The number of carbonyl (C=O) groups is 1. The van der Waals surface area contributed by atoms with Crippen LogP contribution in [0, 0.1) is 0 Å². The second-order valence-electron chi connectivity index (χ2n) is 6.68. The normalized spacial score (nSPS) is 11.2. The molecule has 1 amide bonds. The molecule has 3 aromatic carbocycles. The summed E-state index contributed by atoms with van der Waals surface area (Å²) in [5.41, 5.74) is 6.12. The average Bonchev–Trinajstić information content (AvgIpc) is 3.23. The number of thiazole rings is 1. The molecule has 7 heteroatoms. The molecule has 32 heavy (non-hydrogen) atoms. The van der Waals surface area contributed by atoms with Gasteiger partial charge in [0.1, 0.15) is 10.7 Å². The average molecular weight is 459 g/mol. The lowest BCUT2D eigenvalue weighted by Crippen LogP contribution is -2.11. The molecular weight excluding hydrogens is 440 g/mol. The van der Waals surface area contributed by atoms with Gasteiger partial charge in [-0.15, -0.1) is 0 Å². The van der Waals surface area contributed by atoms with Gasteiger partial charge in [0.15, 0.2) is 0 Å². The van der Waals surface area contributed by atoms with Crippen LogP contribution in [-0.2, 0) is 0 Å². The first kappa shape index (κ1) is 21.5. The molecule has 1 heterocycles. The zero-order chi connectivity index (χ0) is 22.2. The number of aromatic nitrogens is 1. The van der Waals surface area contributed by atoms with Gasteiger partial charge in [-0.05, 0) is 35.9 Å². The Balaban J connectivity index is 1.51. The largest absolute Gasteiger partial charge is 0.312 e. The van der Waals surface area contributed by atoms with Crippen LogP contribution in [-0.4, -0.2) is 17.1 Å². The van der Waals surface area contributed by atoms with Crippen molar-refractivity contribution < 1.29 is 4.79 Å². The molecule has 0 fully saturated rings. The summed E-state index contributed by atoms with van der Waals surface area (Å²) < 4.78 is 0. The van der Waals surface area contributed by atoms with Crippen molar-refractivity contribution in [3.05, 3.63) is 107 Å². The van der Waals surface area contributed by atoms with E-state index in [0.29, 0.717) is 26.4 Å². The summed E-state index contributed by atoms with van der Waals surface area (Å²) in [7, 11) is 0. The van der Waals surface area contributed by atoms with Crippen molar-refractivity contribution in [1.29, 1.82) is 0 Å². The zero-order valence-electron chi connectivity index (χ0n) is 16.9. The van der Waals surface area contributed by atoms with Gasteiger partial charge in [0.25, 0.3) is 5.91 Å². The molecule has 0 aliphatic heterocycles. The molecule has 4 aromatic rings. The van der Waals surface area contributed by atoms with E-state index in [0.717, 1.165) is 11.1 Å². The summed E-state index contributed by atoms with van der Waals surface area (Å²) >= 11 is 7.24. The third kappa shape index (κ3) is 5.69. The van der Waals surface area contributed by atoms with E-state index >= 15 is 0 Å². The molecule has 0 aliphatic carbocycles. The van der Waals surface area contributed by atoms with Crippen LogP contribution in [0.25, 0.3) is 17.3 Å². The molecule has 0 bridgehead atoms. The Morgan fingerprint density at radius 1 is 0.938 bits per heavy atom. The number of allylic oxidation sites excluding steroid dienone is 1. The van der Waals surface area contributed by atoms with Gasteiger partial charge in [-0.3, -0.25) is 10.2 Å². The number of nitrogens with one attached hydrogen (secondary N) is 2. The van der Waals surface area contributed by atoms with E-state index in [1.807, 2.05) is 72.8 Å². The highest BCUT2D eigenvalue weighted by Gasteiger charge is 2.16. The van der Waals surface area contributed by atoms with Gasteiger partial charge in [0.05, 0.1) is 0 Å². The van der Waals surface area contributed by atoms with E-state index < -0.39 is 0 Å². The van der Waals surface area contributed by atoms with Crippen LogP contribution >= 0.6 is 22.9 Å². The van der Waals surface area contributed by atoms with Crippen LogP contribution in [0.3, 0.4) is 0 Å². The molecule has 158 valence electrons. The van der Waals surface area contributed by atoms with Crippen LogP contribution in [0.1, 0.15) is 15.9 Å². The van der Waals surface area contributed by atoms with E-state index in [1.165, 1.54) is 11.3 Å². The highest BCUT2D eigenvalue weighted by Crippen LogP contribution is 2.36. The number of amides is 1. The summed E-state index contributed by atoms with van der Waals surface area (Å²) in [6.45, 7) is 0. The van der Waals surface area contributed by atoms with Gasteiger partial charge < -0.3 is 5.32 Å².